The molecule has 0 radical (unpaired) electrons. The number of carbonyl (C=O) groups is 2. The molecule has 0 N–H and O–H groups in total. The van der Waals surface area contributed by atoms with Gasteiger partial charge >= 0.3 is 5.91 Å². The summed E-state index contributed by atoms with van der Waals surface area (Å²) in [5.41, 5.74) is -0.1000. The zero-order valence-electron chi connectivity index (χ0n) is 12.7. The Bertz CT molecular complexity index is 824. The molecule has 0 atom stereocenters. The van der Waals surface area contributed by atoms with E-state index in [1.165, 1.54) is 17.4 Å². The van der Waals surface area contributed by atoms with Gasteiger partial charge in [0.1, 0.15) is 5.82 Å². The van der Waals surface area contributed by atoms with Crippen molar-refractivity contribution in [2.45, 2.75) is 13.5 Å². The maximum Gasteiger partial charge on any atom is 0.300 e. The molecule has 0 fully saturated rings. The standard InChI is InChI=1S/C16H13Cl2FN2O2S/c1-2-20(7-9-3-6-12(18)24-9)8-21-14-11(19)5-4-10(17)13(14)15(22)16(21)23/h3-6H,2,7-8H2,1H3. The fraction of sp³-hybridized carbons (Fsp3) is 0.250. The van der Waals surface area contributed by atoms with Crippen LogP contribution in [0.4, 0.5) is 10.1 Å². The van der Waals surface area contributed by atoms with Crippen LogP contribution >= 0.6 is 34.5 Å². The summed E-state index contributed by atoms with van der Waals surface area (Å²) in [6.45, 7) is 3.18. The van der Waals surface area contributed by atoms with Crippen LogP contribution in [0.15, 0.2) is 24.3 Å². The van der Waals surface area contributed by atoms with Gasteiger partial charge in [-0.05, 0) is 30.8 Å². The van der Waals surface area contributed by atoms with E-state index in [-0.39, 0.29) is 22.9 Å². The molecule has 126 valence electrons. The van der Waals surface area contributed by atoms with Crippen LogP contribution in [0, 0.1) is 5.82 Å². The third-order valence-electron chi connectivity index (χ3n) is 3.81. The summed E-state index contributed by atoms with van der Waals surface area (Å²) < 4.78 is 14.9. The highest BCUT2D eigenvalue weighted by Crippen LogP contribution is 2.36. The Morgan fingerprint density at radius 1 is 1.21 bits per heavy atom. The Labute approximate surface area is 152 Å². The van der Waals surface area contributed by atoms with E-state index in [0.717, 1.165) is 15.8 Å². The lowest BCUT2D eigenvalue weighted by atomic mass is 10.1. The van der Waals surface area contributed by atoms with Gasteiger partial charge in [0.15, 0.2) is 0 Å². The number of hydrogen-bond acceptors (Lipinski definition) is 4. The number of nitrogens with zero attached hydrogens (tertiary/aromatic N) is 2. The van der Waals surface area contributed by atoms with Crippen molar-refractivity contribution < 1.29 is 14.0 Å². The molecule has 1 aliphatic heterocycles. The molecule has 2 aromatic rings. The molecule has 0 aliphatic carbocycles. The zero-order chi connectivity index (χ0) is 17.4. The van der Waals surface area contributed by atoms with Crippen molar-refractivity contribution in [2.75, 3.05) is 18.1 Å². The molecule has 0 spiro atoms. The minimum Gasteiger partial charge on any atom is -0.288 e. The van der Waals surface area contributed by atoms with Crippen molar-refractivity contribution in [1.29, 1.82) is 0 Å². The maximum absolute atomic E-state index is 14.2. The van der Waals surface area contributed by atoms with Gasteiger partial charge in [0.2, 0.25) is 0 Å². The molecular formula is C16H13Cl2FN2O2S. The molecule has 24 heavy (non-hydrogen) atoms. The highest BCUT2D eigenvalue weighted by molar-refractivity contribution is 7.16. The predicted molar refractivity (Wildman–Crippen MR) is 93.5 cm³/mol. The number of ketones is 1. The van der Waals surface area contributed by atoms with Gasteiger partial charge in [0.05, 0.1) is 27.3 Å². The highest BCUT2D eigenvalue weighted by atomic mass is 35.5. The number of rotatable bonds is 5. The Morgan fingerprint density at radius 3 is 2.58 bits per heavy atom. The average molecular weight is 387 g/mol. The van der Waals surface area contributed by atoms with Gasteiger partial charge in [-0.25, -0.2) is 4.39 Å². The fourth-order valence-electron chi connectivity index (χ4n) is 2.61. The maximum atomic E-state index is 14.2. The van der Waals surface area contributed by atoms with E-state index in [1.54, 1.807) is 6.07 Å². The van der Waals surface area contributed by atoms with Crippen LogP contribution in [0.3, 0.4) is 0 Å². The molecule has 1 aliphatic rings. The largest absolute Gasteiger partial charge is 0.300 e. The van der Waals surface area contributed by atoms with Gasteiger partial charge in [0.25, 0.3) is 5.78 Å². The molecular weight excluding hydrogens is 374 g/mol. The lowest BCUT2D eigenvalue weighted by Gasteiger charge is -2.26. The van der Waals surface area contributed by atoms with Crippen LogP contribution in [-0.4, -0.2) is 29.8 Å². The van der Waals surface area contributed by atoms with Gasteiger partial charge in [-0.15, -0.1) is 11.3 Å². The fourth-order valence-corrected chi connectivity index (χ4v) is 3.97. The number of halogens is 3. The molecule has 2 heterocycles. The monoisotopic (exact) mass is 386 g/mol. The first kappa shape index (κ1) is 17.4. The highest BCUT2D eigenvalue weighted by Gasteiger charge is 2.40. The van der Waals surface area contributed by atoms with E-state index in [1.807, 2.05) is 17.9 Å². The topological polar surface area (TPSA) is 40.6 Å². The van der Waals surface area contributed by atoms with E-state index < -0.39 is 17.5 Å². The second-order valence-corrected chi connectivity index (χ2v) is 7.51. The first-order valence-electron chi connectivity index (χ1n) is 7.23. The van der Waals surface area contributed by atoms with Gasteiger partial charge in [-0.1, -0.05) is 30.1 Å². The summed E-state index contributed by atoms with van der Waals surface area (Å²) in [7, 11) is 0. The third-order valence-corrected chi connectivity index (χ3v) is 5.34. The second kappa shape index (κ2) is 6.80. The summed E-state index contributed by atoms with van der Waals surface area (Å²) in [6.07, 6.45) is 0. The van der Waals surface area contributed by atoms with Crippen LogP contribution in [0.5, 0.6) is 0 Å². The zero-order valence-corrected chi connectivity index (χ0v) is 15.0. The number of anilines is 1. The van der Waals surface area contributed by atoms with Crippen molar-refractivity contribution in [1.82, 2.24) is 4.90 Å². The number of hydrogen-bond donors (Lipinski definition) is 0. The van der Waals surface area contributed by atoms with Gasteiger partial charge in [0, 0.05) is 11.4 Å². The Hall–Kier alpha value is -1.47. The first-order valence-corrected chi connectivity index (χ1v) is 8.80. The van der Waals surface area contributed by atoms with Crippen LogP contribution in [0.1, 0.15) is 22.2 Å². The number of carbonyl (C=O) groups excluding carboxylic acids is 2. The molecule has 8 heteroatoms. The number of amides is 1. The summed E-state index contributed by atoms with van der Waals surface area (Å²) in [5, 5.41) is 0.0836. The van der Waals surface area contributed by atoms with Crippen LogP contribution < -0.4 is 4.90 Å². The van der Waals surface area contributed by atoms with Crippen molar-refractivity contribution in [3.05, 3.63) is 49.9 Å². The van der Waals surface area contributed by atoms with E-state index in [0.29, 0.717) is 17.4 Å². The normalized spacial score (nSPS) is 14.0. The third kappa shape index (κ3) is 3.07. The van der Waals surface area contributed by atoms with Crippen molar-refractivity contribution in [2.24, 2.45) is 0 Å². The number of benzene rings is 1. The quantitative estimate of drug-likeness (QED) is 0.722. The summed E-state index contributed by atoms with van der Waals surface area (Å²) in [4.78, 5) is 28.5. The van der Waals surface area contributed by atoms with Crippen LogP contribution in [0.2, 0.25) is 9.36 Å². The number of Topliss-reactive ketones (excluding diaryl/α,β-unsaturated/α-hetero) is 1. The molecule has 1 aromatic heterocycles. The first-order chi connectivity index (χ1) is 11.4. The van der Waals surface area contributed by atoms with Crippen molar-refractivity contribution >= 4 is 51.9 Å². The Morgan fingerprint density at radius 2 is 1.96 bits per heavy atom. The minimum atomic E-state index is -0.773. The van der Waals surface area contributed by atoms with Gasteiger partial charge in [-0.3, -0.25) is 19.4 Å². The average Bonchev–Trinajstić information content (AvgIpc) is 3.07. The van der Waals surface area contributed by atoms with Crippen molar-refractivity contribution in [3.63, 3.8) is 0 Å². The Kier molecular flexibility index (Phi) is 4.92. The van der Waals surface area contributed by atoms with E-state index in [4.69, 9.17) is 23.2 Å². The minimum absolute atomic E-state index is 0.0415. The lowest BCUT2D eigenvalue weighted by molar-refractivity contribution is -0.114. The van der Waals surface area contributed by atoms with E-state index in [2.05, 4.69) is 0 Å². The molecule has 1 amide bonds. The van der Waals surface area contributed by atoms with Gasteiger partial charge in [-0.2, -0.15) is 0 Å². The van der Waals surface area contributed by atoms with Crippen LogP contribution in [0.25, 0.3) is 0 Å². The lowest BCUT2D eigenvalue weighted by Crippen LogP contribution is -2.40. The van der Waals surface area contributed by atoms with E-state index in [9.17, 15) is 14.0 Å². The molecule has 1 aromatic carbocycles. The van der Waals surface area contributed by atoms with E-state index >= 15 is 0 Å². The molecule has 0 saturated carbocycles. The number of fused-ring (bicyclic) bond motifs is 1. The smallest absolute Gasteiger partial charge is 0.288 e. The predicted octanol–water partition coefficient (Wildman–Crippen LogP) is 4.20. The summed E-state index contributed by atoms with van der Waals surface area (Å²) in [5.74, 6) is -2.17. The molecule has 0 unspecified atom stereocenters. The van der Waals surface area contributed by atoms with Crippen LogP contribution in [-0.2, 0) is 11.3 Å². The Balaban J connectivity index is 1.88. The molecule has 4 nitrogen and oxygen atoms in total. The summed E-state index contributed by atoms with van der Waals surface area (Å²) in [6, 6.07) is 6.15. The second-order valence-electron chi connectivity index (χ2n) is 5.31. The summed E-state index contributed by atoms with van der Waals surface area (Å²) >= 11 is 13.3. The molecule has 0 saturated heterocycles. The van der Waals surface area contributed by atoms with Crippen molar-refractivity contribution in [3.8, 4) is 0 Å². The SMILES string of the molecule is CCN(Cc1ccc(Cl)s1)CN1C(=O)C(=O)c2c(Cl)ccc(F)c21. The number of thiophene rings is 1. The van der Waals surface area contributed by atoms with Gasteiger partial charge < -0.3 is 0 Å². The molecule has 0 bridgehead atoms. The molecule has 3 rings (SSSR count).